The van der Waals surface area contributed by atoms with Gasteiger partial charge >= 0.3 is 6.18 Å². The first-order valence-corrected chi connectivity index (χ1v) is 13.0. The minimum absolute atomic E-state index is 0.0163. The number of benzene rings is 1. The first-order valence-electron chi connectivity index (χ1n) is 11.6. The van der Waals surface area contributed by atoms with Crippen LogP contribution < -0.4 is 0 Å². The van der Waals surface area contributed by atoms with Crippen LogP contribution in [0, 0.1) is 0 Å². The van der Waals surface area contributed by atoms with Crippen LogP contribution in [-0.4, -0.2) is 68.0 Å². The lowest BCUT2D eigenvalue weighted by atomic mass is 10.2. The highest BCUT2D eigenvalue weighted by Crippen LogP contribution is 2.34. The van der Waals surface area contributed by atoms with Gasteiger partial charge in [0.15, 0.2) is 5.65 Å². The Balaban J connectivity index is 1.55. The molecule has 13 heteroatoms. The number of aliphatic hydroxyl groups is 1. The predicted octanol–water partition coefficient (Wildman–Crippen LogP) is 3.66. The minimum Gasteiger partial charge on any atom is -0.385 e. The number of hydrogen-bond acceptors (Lipinski definition) is 7. The molecule has 192 valence electrons. The van der Waals surface area contributed by atoms with E-state index in [2.05, 4.69) is 15.1 Å². The van der Waals surface area contributed by atoms with Crippen molar-refractivity contribution < 1.29 is 26.7 Å². The van der Waals surface area contributed by atoms with Crippen molar-refractivity contribution in [3.8, 4) is 0 Å². The number of hydrogen-bond donors (Lipinski definition) is 1. The van der Waals surface area contributed by atoms with Gasteiger partial charge in [-0.05, 0) is 38.4 Å². The van der Waals surface area contributed by atoms with E-state index >= 15 is 0 Å². The number of imidazole rings is 1. The molecule has 36 heavy (non-hydrogen) atoms. The Morgan fingerprint density at radius 2 is 1.94 bits per heavy atom. The summed E-state index contributed by atoms with van der Waals surface area (Å²) in [7, 11) is -4.00. The van der Waals surface area contributed by atoms with E-state index in [0.29, 0.717) is 48.3 Å². The summed E-state index contributed by atoms with van der Waals surface area (Å²) < 4.78 is 66.9. The van der Waals surface area contributed by atoms with Crippen LogP contribution in [0.5, 0.6) is 0 Å². The van der Waals surface area contributed by atoms with Crippen molar-refractivity contribution in [1.29, 1.82) is 0 Å². The van der Waals surface area contributed by atoms with Crippen molar-refractivity contribution in [1.82, 2.24) is 28.6 Å². The first kappa shape index (κ1) is 24.7. The van der Waals surface area contributed by atoms with Crippen LogP contribution in [-0.2, 0) is 10.0 Å². The van der Waals surface area contributed by atoms with Gasteiger partial charge < -0.3 is 14.6 Å². The van der Waals surface area contributed by atoms with Crippen LogP contribution >= 0.6 is 0 Å². The second kappa shape index (κ2) is 9.12. The number of pyridine rings is 1. The monoisotopic (exact) mass is 522 g/mol. The van der Waals surface area contributed by atoms with Gasteiger partial charge in [-0.1, -0.05) is 18.2 Å². The standard InChI is InChI=1S/C23H25F3N6O3S/c1-15(33)21-29-19-13-27-22-18(12-28-32(22)36(34,35)17-6-3-2-4-7-17)20(19)31(21)16-8-11-30(14-16)10-5-9-23(24,25)26/h2-4,6-7,12-13,15-16,33H,5,8-11,14H2,1H3/t15?,16-/m0/s1. The lowest BCUT2D eigenvalue weighted by molar-refractivity contribution is -0.136. The molecule has 1 fully saturated rings. The van der Waals surface area contributed by atoms with E-state index < -0.39 is 28.7 Å². The Labute approximate surface area is 205 Å². The van der Waals surface area contributed by atoms with Crippen LogP contribution in [0.15, 0.2) is 47.6 Å². The summed E-state index contributed by atoms with van der Waals surface area (Å²) in [6.07, 6.45) is -2.39. The molecule has 9 nitrogen and oxygen atoms in total. The van der Waals surface area contributed by atoms with Crippen LogP contribution in [0.4, 0.5) is 13.2 Å². The van der Waals surface area contributed by atoms with Crippen LogP contribution in [0.2, 0.25) is 0 Å². The number of alkyl halides is 3. The molecule has 0 saturated carbocycles. The molecule has 5 rings (SSSR count). The Kier molecular flexibility index (Phi) is 6.25. The molecule has 1 unspecified atom stereocenters. The lowest BCUT2D eigenvalue weighted by Gasteiger charge is -2.20. The molecule has 1 N–H and O–H groups in total. The van der Waals surface area contributed by atoms with Gasteiger partial charge in [-0.15, -0.1) is 4.09 Å². The van der Waals surface area contributed by atoms with E-state index in [-0.39, 0.29) is 23.0 Å². The smallest absolute Gasteiger partial charge is 0.385 e. The third-order valence-corrected chi connectivity index (χ3v) is 8.02. The molecule has 1 saturated heterocycles. The molecule has 1 aliphatic heterocycles. The second-order valence-corrected chi connectivity index (χ2v) is 10.8. The molecule has 0 spiro atoms. The SMILES string of the molecule is CC(O)c1nc2cnc3c(cnn3S(=O)(=O)c3ccccc3)c2n1[C@H]1CCN(CCCC(F)(F)F)C1. The summed E-state index contributed by atoms with van der Waals surface area (Å²) in [6.45, 7) is 3.00. The Morgan fingerprint density at radius 3 is 2.64 bits per heavy atom. The molecule has 1 aliphatic rings. The average molecular weight is 523 g/mol. The Hall–Kier alpha value is -3.03. The van der Waals surface area contributed by atoms with Gasteiger partial charge in [-0.3, -0.25) is 0 Å². The van der Waals surface area contributed by atoms with Gasteiger partial charge in [0.1, 0.15) is 17.4 Å². The third kappa shape index (κ3) is 4.46. The highest BCUT2D eigenvalue weighted by atomic mass is 32.2. The first-order chi connectivity index (χ1) is 17.1. The minimum atomic E-state index is -4.18. The van der Waals surface area contributed by atoms with Gasteiger partial charge in [-0.2, -0.15) is 26.7 Å². The molecule has 0 radical (unpaired) electrons. The van der Waals surface area contributed by atoms with Crippen molar-refractivity contribution in [3.63, 3.8) is 0 Å². The second-order valence-electron chi connectivity index (χ2n) is 9.01. The maximum Gasteiger partial charge on any atom is 0.389 e. The van der Waals surface area contributed by atoms with Crippen molar-refractivity contribution in [3.05, 3.63) is 48.5 Å². The molecular weight excluding hydrogens is 497 g/mol. The molecule has 0 bridgehead atoms. The largest absolute Gasteiger partial charge is 0.389 e. The number of halogens is 3. The molecule has 0 aliphatic carbocycles. The summed E-state index contributed by atoms with van der Waals surface area (Å²) in [5, 5.41) is 15.1. The maximum absolute atomic E-state index is 13.2. The summed E-state index contributed by atoms with van der Waals surface area (Å²) >= 11 is 0. The number of nitrogens with zero attached hydrogens (tertiary/aromatic N) is 6. The lowest BCUT2D eigenvalue weighted by Crippen LogP contribution is -2.24. The fraction of sp³-hybridized carbons (Fsp3) is 0.435. The molecule has 3 aromatic heterocycles. The molecule has 2 atom stereocenters. The van der Waals surface area contributed by atoms with Gasteiger partial charge in [0.2, 0.25) is 0 Å². The van der Waals surface area contributed by atoms with Gasteiger partial charge in [0.05, 0.1) is 28.2 Å². The predicted molar refractivity (Wildman–Crippen MR) is 126 cm³/mol. The number of rotatable bonds is 7. The highest BCUT2D eigenvalue weighted by molar-refractivity contribution is 7.90. The third-order valence-electron chi connectivity index (χ3n) is 6.43. The number of aliphatic hydroxyl groups excluding tert-OH is 1. The van der Waals surface area contributed by atoms with Gasteiger partial charge in [0.25, 0.3) is 10.0 Å². The summed E-state index contributed by atoms with van der Waals surface area (Å²) in [5.74, 6) is 0.389. The average Bonchev–Trinajstić information content (AvgIpc) is 3.54. The number of likely N-dealkylation sites (tertiary alicyclic amines) is 1. The molecule has 4 aromatic rings. The number of aromatic nitrogens is 5. The molecular formula is C23H25F3N6O3S. The maximum atomic E-state index is 13.2. The van der Waals surface area contributed by atoms with Gasteiger partial charge in [-0.25, -0.2) is 9.97 Å². The van der Waals surface area contributed by atoms with Crippen molar-refractivity contribution in [2.75, 3.05) is 19.6 Å². The van der Waals surface area contributed by atoms with E-state index in [0.717, 1.165) is 4.09 Å². The van der Waals surface area contributed by atoms with Crippen molar-refractivity contribution >= 4 is 32.1 Å². The Bertz CT molecular complexity index is 1500. The van der Waals surface area contributed by atoms with E-state index in [1.165, 1.54) is 24.5 Å². The van der Waals surface area contributed by atoms with Gasteiger partial charge in [0, 0.05) is 25.6 Å². The molecule has 1 aromatic carbocycles. The molecule has 4 heterocycles. The fourth-order valence-electron chi connectivity index (χ4n) is 4.82. The van der Waals surface area contributed by atoms with Crippen molar-refractivity contribution in [2.24, 2.45) is 0 Å². The van der Waals surface area contributed by atoms with Crippen LogP contribution in [0.1, 0.15) is 44.2 Å². The zero-order chi connectivity index (χ0) is 25.7. The summed E-state index contributed by atoms with van der Waals surface area (Å²) in [4.78, 5) is 10.9. The Morgan fingerprint density at radius 1 is 1.19 bits per heavy atom. The van der Waals surface area contributed by atoms with Crippen molar-refractivity contribution in [2.45, 2.75) is 49.4 Å². The van der Waals surface area contributed by atoms with E-state index in [1.54, 1.807) is 25.1 Å². The summed E-state index contributed by atoms with van der Waals surface area (Å²) in [6, 6.07) is 7.74. The topological polar surface area (TPSA) is 106 Å². The highest BCUT2D eigenvalue weighted by Gasteiger charge is 2.32. The summed E-state index contributed by atoms with van der Waals surface area (Å²) in [5.41, 5.74) is 1.20. The van der Waals surface area contributed by atoms with Crippen LogP contribution in [0.25, 0.3) is 22.1 Å². The van der Waals surface area contributed by atoms with E-state index in [4.69, 9.17) is 0 Å². The zero-order valence-electron chi connectivity index (χ0n) is 19.4. The van der Waals surface area contributed by atoms with E-state index in [9.17, 15) is 26.7 Å². The zero-order valence-corrected chi connectivity index (χ0v) is 20.2. The fourth-order valence-corrected chi connectivity index (χ4v) is 6.07. The quantitative estimate of drug-likeness (QED) is 0.395. The number of fused-ring (bicyclic) bond motifs is 3. The molecule has 0 amide bonds. The van der Waals surface area contributed by atoms with E-state index in [1.807, 2.05) is 9.47 Å². The van der Waals surface area contributed by atoms with Crippen LogP contribution in [0.3, 0.4) is 0 Å². The normalized spacial score (nSPS) is 18.4.